The van der Waals surface area contributed by atoms with Crippen molar-refractivity contribution in [1.82, 2.24) is 19.9 Å². The molecule has 2 aromatic rings. The van der Waals surface area contributed by atoms with E-state index in [4.69, 9.17) is 0 Å². The van der Waals surface area contributed by atoms with Gasteiger partial charge in [0.05, 0.1) is 13.7 Å². The lowest BCUT2D eigenvalue weighted by molar-refractivity contribution is 0.0586. The van der Waals surface area contributed by atoms with Crippen LogP contribution in [0.15, 0.2) is 18.5 Å². The van der Waals surface area contributed by atoms with Crippen LogP contribution in [-0.4, -0.2) is 33.0 Å². The lowest BCUT2D eigenvalue weighted by Gasteiger charge is -2.06. The van der Waals surface area contributed by atoms with E-state index in [1.54, 1.807) is 25.4 Å². The van der Waals surface area contributed by atoms with Gasteiger partial charge in [0.1, 0.15) is 11.6 Å². The molecule has 0 saturated carbocycles. The summed E-state index contributed by atoms with van der Waals surface area (Å²) in [7, 11) is 1.30. The highest BCUT2D eigenvalue weighted by Gasteiger charge is 2.11. The number of imidazole rings is 1. The van der Waals surface area contributed by atoms with Gasteiger partial charge in [-0.2, -0.15) is 0 Å². The molecule has 0 aliphatic heterocycles. The second-order valence-corrected chi connectivity index (χ2v) is 3.60. The summed E-state index contributed by atoms with van der Waals surface area (Å²) in [4.78, 5) is 26.5. The maximum Gasteiger partial charge on any atom is 0.376 e. The molecule has 0 amide bonds. The number of anilines is 1. The van der Waals surface area contributed by atoms with E-state index in [9.17, 15) is 4.79 Å². The van der Waals surface area contributed by atoms with Gasteiger partial charge in [0.15, 0.2) is 0 Å². The SMILES string of the molecule is COC(=O)c1nc(C)cc(NCc2ncc[nH]2)n1. The molecule has 0 bridgehead atoms. The Hall–Kier alpha value is -2.44. The summed E-state index contributed by atoms with van der Waals surface area (Å²) in [6.45, 7) is 2.27. The van der Waals surface area contributed by atoms with Crippen molar-refractivity contribution in [2.45, 2.75) is 13.5 Å². The first-order chi connectivity index (χ1) is 8.69. The third kappa shape index (κ3) is 2.82. The smallest absolute Gasteiger partial charge is 0.376 e. The van der Waals surface area contributed by atoms with E-state index >= 15 is 0 Å². The number of nitrogens with one attached hydrogen (secondary N) is 2. The molecule has 0 aliphatic rings. The number of carbonyl (C=O) groups excluding carboxylic acids is 1. The number of methoxy groups -OCH3 is 1. The van der Waals surface area contributed by atoms with Gasteiger partial charge in [-0.05, 0) is 6.92 Å². The molecule has 18 heavy (non-hydrogen) atoms. The Bertz CT molecular complexity index is 538. The van der Waals surface area contributed by atoms with Crippen LogP contribution in [0, 0.1) is 6.92 Å². The molecule has 2 heterocycles. The zero-order valence-electron chi connectivity index (χ0n) is 10.1. The fourth-order valence-electron chi connectivity index (χ4n) is 1.41. The number of H-pyrrole nitrogens is 1. The Balaban J connectivity index is 2.12. The first kappa shape index (κ1) is 12.0. The lowest BCUT2D eigenvalue weighted by Crippen LogP contribution is -2.11. The normalized spacial score (nSPS) is 10.1. The predicted molar refractivity (Wildman–Crippen MR) is 64.0 cm³/mol. The molecule has 0 aliphatic carbocycles. The van der Waals surface area contributed by atoms with Crippen molar-refractivity contribution in [1.29, 1.82) is 0 Å². The Morgan fingerprint density at radius 1 is 1.50 bits per heavy atom. The summed E-state index contributed by atoms with van der Waals surface area (Å²) < 4.78 is 4.59. The van der Waals surface area contributed by atoms with Gasteiger partial charge >= 0.3 is 5.97 Å². The van der Waals surface area contributed by atoms with Gasteiger partial charge in [0, 0.05) is 24.2 Å². The number of hydrogen-bond acceptors (Lipinski definition) is 6. The number of rotatable bonds is 4. The molecule has 0 aromatic carbocycles. The molecule has 0 fully saturated rings. The Labute approximate surface area is 104 Å². The topological polar surface area (TPSA) is 92.8 Å². The molecular formula is C11H13N5O2. The average molecular weight is 247 g/mol. The molecule has 2 N–H and O–H groups in total. The van der Waals surface area contributed by atoms with Crippen LogP contribution in [0.1, 0.15) is 22.1 Å². The van der Waals surface area contributed by atoms with E-state index < -0.39 is 5.97 Å². The van der Waals surface area contributed by atoms with Crippen LogP contribution in [0.4, 0.5) is 5.82 Å². The Morgan fingerprint density at radius 2 is 2.33 bits per heavy atom. The standard InChI is InChI=1S/C11H13N5O2/c1-7-5-8(14-6-9-12-3-4-13-9)16-10(15-7)11(17)18-2/h3-5H,6H2,1-2H3,(H,12,13)(H,14,15,16). The summed E-state index contributed by atoms with van der Waals surface area (Å²) in [5, 5.41) is 3.05. The van der Waals surface area contributed by atoms with Gasteiger partial charge in [-0.1, -0.05) is 0 Å². The average Bonchev–Trinajstić information content (AvgIpc) is 2.88. The third-order valence-electron chi connectivity index (χ3n) is 2.21. The zero-order chi connectivity index (χ0) is 13.0. The highest BCUT2D eigenvalue weighted by Crippen LogP contribution is 2.08. The van der Waals surface area contributed by atoms with Gasteiger partial charge in [-0.25, -0.2) is 19.7 Å². The highest BCUT2D eigenvalue weighted by atomic mass is 16.5. The van der Waals surface area contributed by atoms with Gasteiger partial charge < -0.3 is 15.0 Å². The van der Waals surface area contributed by atoms with Crippen LogP contribution in [0.5, 0.6) is 0 Å². The van der Waals surface area contributed by atoms with Crippen molar-refractivity contribution in [2.75, 3.05) is 12.4 Å². The number of nitrogens with zero attached hydrogens (tertiary/aromatic N) is 3. The van der Waals surface area contributed by atoms with E-state index in [0.29, 0.717) is 18.1 Å². The van der Waals surface area contributed by atoms with Crippen molar-refractivity contribution < 1.29 is 9.53 Å². The number of aryl methyl sites for hydroxylation is 1. The monoisotopic (exact) mass is 247 g/mol. The number of ether oxygens (including phenoxy) is 1. The first-order valence-corrected chi connectivity index (χ1v) is 5.35. The summed E-state index contributed by atoms with van der Waals surface area (Å²) >= 11 is 0. The van der Waals surface area contributed by atoms with Crippen molar-refractivity contribution in [3.8, 4) is 0 Å². The third-order valence-corrected chi connectivity index (χ3v) is 2.21. The summed E-state index contributed by atoms with van der Waals surface area (Å²) in [5.41, 5.74) is 0.687. The zero-order valence-corrected chi connectivity index (χ0v) is 10.1. The number of esters is 1. The van der Waals surface area contributed by atoms with E-state index in [1.807, 2.05) is 0 Å². The fraction of sp³-hybridized carbons (Fsp3) is 0.273. The molecule has 7 heteroatoms. The second kappa shape index (κ2) is 5.26. The Morgan fingerprint density at radius 3 is 3.00 bits per heavy atom. The lowest BCUT2D eigenvalue weighted by atomic mass is 10.4. The molecule has 0 saturated heterocycles. The fourth-order valence-corrected chi connectivity index (χ4v) is 1.41. The van der Waals surface area contributed by atoms with Crippen LogP contribution in [-0.2, 0) is 11.3 Å². The molecule has 2 aromatic heterocycles. The van der Waals surface area contributed by atoms with Crippen LogP contribution in [0.25, 0.3) is 0 Å². The minimum atomic E-state index is -0.556. The number of aromatic amines is 1. The second-order valence-electron chi connectivity index (χ2n) is 3.60. The molecular weight excluding hydrogens is 234 g/mol. The van der Waals surface area contributed by atoms with E-state index in [2.05, 4.69) is 30.0 Å². The van der Waals surface area contributed by atoms with Crippen molar-refractivity contribution >= 4 is 11.8 Å². The Kier molecular flexibility index (Phi) is 3.52. The number of carbonyl (C=O) groups is 1. The summed E-state index contributed by atoms with van der Waals surface area (Å²) in [6, 6.07) is 1.75. The highest BCUT2D eigenvalue weighted by molar-refractivity contribution is 5.85. The van der Waals surface area contributed by atoms with Gasteiger partial charge in [0.2, 0.25) is 5.82 Å². The van der Waals surface area contributed by atoms with Gasteiger partial charge in [0.25, 0.3) is 0 Å². The van der Waals surface area contributed by atoms with E-state index in [0.717, 1.165) is 5.82 Å². The largest absolute Gasteiger partial charge is 0.463 e. The predicted octanol–water partition coefficient (Wildman–Crippen LogP) is 0.907. The maximum atomic E-state index is 11.4. The van der Waals surface area contributed by atoms with Gasteiger partial charge in [-0.3, -0.25) is 0 Å². The summed E-state index contributed by atoms with van der Waals surface area (Å²) in [5.74, 6) is 0.823. The van der Waals surface area contributed by atoms with Gasteiger partial charge in [-0.15, -0.1) is 0 Å². The molecule has 7 nitrogen and oxygen atoms in total. The maximum absolute atomic E-state index is 11.4. The molecule has 2 rings (SSSR count). The van der Waals surface area contributed by atoms with Crippen LogP contribution < -0.4 is 5.32 Å². The first-order valence-electron chi connectivity index (χ1n) is 5.35. The number of hydrogen-bond donors (Lipinski definition) is 2. The molecule has 0 atom stereocenters. The van der Waals surface area contributed by atoms with E-state index in [1.165, 1.54) is 7.11 Å². The van der Waals surface area contributed by atoms with Crippen molar-refractivity contribution in [3.63, 3.8) is 0 Å². The van der Waals surface area contributed by atoms with Crippen molar-refractivity contribution in [2.24, 2.45) is 0 Å². The molecule has 0 unspecified atom stereocenters. The van der Waals surface area contributed by atoms with Crippen LogP contribution >= 0.6 is 0 Å². The van der Waals surface area contributed by atoms with Crippen molar-refractivity contribution in [3.05, 3.63) is 35.8 Å². The van der Waals surface area contributed by atoms with Crippen LogP contribution in [0.3, 0.4) is 0 Å². The quantitative estimate of drug-likeness (QED) is 0.780. The summed E-state index contributed by atoms with van der Waals surface area (Å²) in [6.07, 6.45) is 3.41. The molecule has 0 spiro atoms. The van der Waals surface area contributed by atoms with E-state index in [-0.39, 0.29) is 5.82 Å². The molecule has 0 radical (unpaired) electrons. The molecule has 94 valence electrons. The van der Waals surface area contributed by atoms with Crippen LogP contribution in [0.2, 0.25) is 0 Å². The number of aromatic nitrogens is 4. The minimum absolute atomic E-state index is 0.0412. The minimum Gasteiger partial charge on any atom is -0.463 e.